The van der Waals surface area contributed by atoms with Gasteiger partial charge < -0.3 is 15.5 Å². The van der Waals surface area contributed by atoms with Crippen LogP contribution in [-0.2, 0) is 26.0 Å². The molecular formula is C22H23FN4O6S. The zero-order valence-corrected chi connectivity index (χ0v) is 19.4. The molecule has 0 amide bonds. The van der Waals surface area contributed by atoms with E-state index in [1.807, 2.05) is 0 Å². The van der Waals surface area contributed by atoms with Crippen LogP contribution in [0.4, 0.5) is 4.39 Å². The smallest absolute Gasteiger partial charge is 0.328 e. The fourth-order valence-corrected chi connectivity index (χ4v) is 4.05. The molecular weight excluding hydrogens is 467 g/mol. The van der Waals surface area contributed by atoms with Crippen LogP contribution in [0.15, 0.2) is 64.7 Å². The molecule has 0 spiro atoms. The zero-order chi connectivity index (χ0) is 25.5. The lowest BCUT2D eigenvalue weighted by Gasteiger charge is -2.10. The van der Waals surface area contributed by atoms with Gasteiger partial charge in [-0.05, 0) is 44.7 Å². The standard InChI is InChI=1S/C18H19FN4O2S.C4H4O4/c1-12-5-4-6-16(18(12)19)23-17(9-14(22-23)10-20-3)26(24,25)15-8-7-13(2)21-11-15;5-3(6)1-2-4(7)8/h4-9,11,20H,10H2,1-3H3;1-2H,(H,5,6)(H,7,8). The maximum absolute atomic E-state index is 14.6. The highest BCUT2D eigenvalue weighted by Gasteiger charge is 2.26. The number of aryl methyl sites for hydroxylation is 2. The quantitative estimate of drug-likeness (QED) is 0.424. The van der Waals surface area contributed by atoms with Crippen molar-refractivity contribution in [2.24, 2.45) is 0 Å². The van der Waals surface area contributed by atoms with Gasteiger partial charge in [-0.3, -0.25) is 4.98 Å². The van der Waals surface area contributed by atoms with Crippen molar-refractivity contribution in [3.05, 3.63) is 77.5 Å². The maximum atomic E-state index is 14.6. The molecule has 0 aliphatic carbocycles. The van der Waals surface area contributed by atoms with Crippen LogP contribution >= 0.6 is 0 Å². The van der Waals surface area contributed by atoms with Crippen LogP contribution in [0.1, 0.15) is 17.0 Å². The number of nitrogens with one attached hydrogen (secondary N) is 1. The van der Waals surface area contributed by atoms with E-state index in [1.54, 1.807) is 39.1 Å². The van der Waals surface area contributed by atoms with Crippen LogP contribution in [0.25, 0.3) is 5.69 Å². The zero-order valence-electron chi connectivity index (χ0n) is 18.6. The lowest BCUT2D eigenvalue weighted by atomic mass is 10.2. The summed E-state index contributed by atoms with van der Waals surface area (Å²) in [5.41, 5.74) is 1.70. The first-order valence-corrected chi connectivity index (χ1v) is 11.3. The van der Waals surface area contributed by atoms with Crippen molar-refractivity contribution in [1.82, 2.24) is 20.1 Å². The molecule has 3 aromatic rings. The minimum absolute atomic E-state index is 0.0355. The first kappa shape index (κ1) is 26.4. The third-order valence-electron chi connectivity index (χ3n) is 4.32. The summed E-state index contributed by atoms with van der Waals surface area (Å²) >= 11 is 0. The average molecular weight is 491 g/mol. The Bertz CT molecular complexity index is 1300. The highest BCUT2D eigenvalue weighted by atomic mass is 32.2. The number of nitrogens with zero attached hydrogens (tertiary/aromatic N) is 3. The van der Waals surface area contributed by atoms with Crippen LogP contribution in [0.2, 0.25) is 0 Å². The summed E-state index contributed by atoms with van der Waals surface area (Å²) in [5.74, 6) is -3.02. The molecule has 2 aromatic heterocycles. The molecule has 12 heteroatoms. The molecule has 1 aromatic carbocycles. The van der Waals surface area contributed by atoms with E-state index in [1.165, 1.54) is 24.4 Å². The lowest BCUT2D eigenvalue weighted by molar-refractivity contribution is -0.134. The van der Waals surface area contributed by atoms with E-state index < -0.39 is 27.6 Å². The number of hydrogen-bond donors (Lipinski definition) is 3. The molecule has 0 aliphatic heterocycles. The number of hydrogen-bond acceptors (Lipinski definition) is 7. The Hall–Kier alpha value is -3.90. The molecule has 0 atom stereocenters. The monoisotopic (exact) mass is 490 g/mol. The molecule has 0 radical (unpaired) electrons. The van der Waals surface area contributed by atoms with E-state index >= 15 is 0 Å². The number of carbonyl (C=O) groups is 2. The van der Waals surface area contributed by atoms with Crippen molar-refractivity contribution < 1.29 is 32.6 Å². The number of carboxylic acids is 2. The second-order valence-corrected chi connectivity index (χ2v) is 8.87. The summed E-state index contributed by atoms with van der Waals surface area (Å²) in [4.78, 5) is 23.2. The van der Waals surface area contributed by atoms with Crippen LogP contribution in [0.3, 0.4) is 0 Å². The van der Waals surface area contributed by atoms with Crippen molar-refractivity contribution in [3.63, 3.8) is 0 Å². The number of rotatable bonds is 7. The fraction of sp³-hybridized carbons (Fsp3) is 0.182. The van der Waals surface area contributed by atoms with Crippen molar-refractivity contribution >= 4 is 21.8 Å². The Balaban J connectivity index is 0.000000440. The van der Waals surface area contributed by atoms with E-state index in [9.17, 15) is 22.4 Å². The van der Waals surface area contributed by atoms with Gasteiger partial charge in [0.15, 0.2) is 10.8 Å². The number of sulfone groups is 1. The number of carboxylic acid groups (broad SMARTS) is 2. The van der Waals surface area contributed by atoms with Gasteiger partial charge in [0.2, 0.25) is 9.84 Å². The van der Waals surface area contributed by atoms with Crippen molar-refractivity contribution in [2.45, 2.75) is 30.3 Å². The van der Waals surface area contributed by atoms with Gasteiger partial charge in [-0.2, -0.15) is 5.10 Å². The van der Waals surface area contributed by atoms with Gasteiger partial charge in [0, 0.05) is 36.7 Å². The molecule has 180 valence electrons. The summed E-state index contributed by atoms with van der Waals surface area (Å²) in [6, 6.07) is 9.35. The molecule has 3 N–H and O–H groups in total. The van der Waals surface area contributed by atoms with Crippen LogP contribution in [-0.4, -0.2) is 52.4 Å². The molecule has 34 heavy (non-hydrogen) atoms. The number of pyridine rings is 1. The third-order valence-corrected chi connectivity index (χ3v) is 6.03. The maximum Gasteiger partial charge on any atom is 0.328 e. The van der Waals surface area contributed by atoms with Gasteiger partial charge in [-0.1, -0.05) is 12.1 Å². The number of aliphatic carboxylic acids is 2. The van der Waals surface area contributed by atoms with Gasteiger partial charge >= 0.3 is 11.9 Å². The normalized spacial score (nSPS) is 11.2. The van der Waals surface area contributed by atoms with Gasteiger partial charge in [-0.15, -0.1) is 0 Å². The highest BCUT2D eigenvalue weighted by Crippen LogP contribution is 2.26. The van der Waals surface area contributed by atoms with Gasteiger partial charge in [-0.25, -0.2) is 27.1 Å². The second kappa shape index (κ2) is 11.3. The minimum Gasteiger partial charge on any atom is -0.478 e. The molecule has 0 unspecified atom stereocenters. The predicted molar refractivity (Wildman–Crippen MR) is 120 cm³/mol. The van der Waals surface area contributed by atoms with Crippen molar-refractivity contribution in [3.8, 4) is 5.69 Å². The van der Waals surface area contributed by atoms with Crippen LogP contribution < -0.4 is 5.32 Å². The minimum atomic E-state index is -3.92. The molecule has 0 aliphatic rings. The number of aromatic nitrogens is 3. The first-order valence-electron chi connectivity index (χ1n) is 9.78. The van der Waals surface area contributed by atoms with Crippen LogP contribution in [0, 0.1) is 19.7 Å². The Morgan fingerprint density at radius 3 is 2.29 bits per heavy atom. The lowest BCUT2D eigenvalue weighted by Crippen LogP contribution is -2.12. The predicted octanol–water partition coefficient (Wildman–Crippen LogP) is 2.29. The largest absolute Gasteiger partial charge is 0.478 e. The summed E-state index contributed by atoms with van der Waals surface area (Å²) in [5, 5.41) is 22.7. The second-order valence-electron chi connectivity index (χ2n) is 6.97. The Morgan fingerprint density at radius 2 is 1.76 bits per heavy atom. The topological polar surface area (TPSA) is 151 Å². The van der Waals surface area contributed by atoms with Gasteiger partial charge in [0.1, 0.15) is 5.69 Å². The molecule has 10 nitrogen and oxygen atoms in total. The summed E-state index contributed by atoms with van der Waals surface area (Å²) < 4.78 is 42.0. The molecule has 0 fully saturated rings. The van der Waals surface area contributed by atoms with E-state index in [0.717, 1.165) is 4.68 Å². The van der Waals surface area contributed by atoms with Gasteiger partial charge in [0.05, 0.1) is 10.6 Å². The fourth-order valence-electron chi connectivity index (χ4n) is 2.71. The number of benzene rings is 1. The summed E-state index contributed by atoms with van der Waals surface area (Å²) in [6.07, 6.45) is 2.41. The first-order chi connectivity index (χ1) is 16.0. The SMILES string of the molecule is CNCc1cc(S(=O)(=O)c2ccc(C)nc2)n(-c2cccc(C)c2F)n1.O=C(O)C=CC(=O)O. The molecule has 2 heterocycles. The molecule has 3 rings (SSSR count). The summed E-state index contributed by atoms with van der Waals surface area (Å²) in [6.45, 7) is 3.75. The van der Waals surface area contributed by atoms with Crippen molar-refractivity contribution in [1.29, 1.82) is 0 Å². The van der Waals surface area contributed by atoms with E-state index in [4.69, 9.17) is 10.2 Å². The molecule has 0 saturated carbocycles. The Labute approximate surface area is 195 Å². The van der Waals surface area contributed by atoms with Gasteiger partial charge in [0.25, 0.3) is 0 Å². The highest BCUT2D eigenvalue weighted by molar-refractivity contribution is 7.91. The van der Waals surface area contributed by atoms with E-state index in [-0.39, 0.29) is 15.6 Å². The average Bonchev–Trinajstić information content (AvgIpc) is 3.20. The van der Waals surface area contributed by atoms with E-state index in [2.05, 4.69) is 15.4 Å². The Kier molecular flexibility index (Phi) is 8.76. The molecule has 0 saturated heterocycles. The Morgan fingerprint density at radius 1 is 1.12 bits per heavy atom. The van der Waals surface area contributed by atoms with Crippen molar-refractivity contribution in [2.75, 3.05) is 7.05 Å². The third kappa shape index (κ3) is 6.56. The summed E-state index contributed by atoms with van der Waals surface area (Å²) in [7, 11) is -2.19. The number of halogens is 1. The van der Waals surface area contributed by atoms with Crippen LogP contribution in [0.5, 0.6) is 0 Å². The molecule has 0 bridgehead atoms. The van der Waals surface area contributed by atoms with E-state index in [0.29, 0.717) is 35.6 Å².